The maximum Gasteiger partial charge on any atom is 0.264 e. The zero-order chi connectivity index (χ0) is 31.9. The third-order valence-electron chi connectivity index (χ3n) is 6.77. The van der Waals surface area contributed by atoms with Gasteiger partial charge in [0.25, 0.3) is 10.0 Å². The number of halogens is 3. The van der Waals surface area contributed by atoms with Gasteiger partial charge in [-0.05, 0) is 67.4 Å². The van der Waals surface area contributed by atoms with Crippen LogP contribution in [0.3, 0.4) is 0 Å². The van der Waals surface area contributed by atoms with E-state index in [1.165, 1.54) is 23.1 Å². The number of nitrogens with zero attached hydrogens (tertiary/aromatic N) is 2. The van der Waals surface area contributed by atoms with Crippen LogP contribution in [0.1, 0.15) is 25.0 Å². The van der Waals surface area contributed by atoms with Gasteiger partial charge < -0.3 is 10.2 Å². The van der Waals surface area contributed by atoms with Crippen molar-refractivity contribution < 1.29 is 22.4 Å². The highest BCUT2D eigenvalue weighted by atomic mass is 35.5. The Morgan fingerprint density at radius 1 is 0.841 bits per heavy atom. The van der Waals surface area contributed by atoms with E-state index in [-0.39, 0.29) is 34.6 Å². The normalized spacial score (nSPS) is 12.0. The first-order valence-corrected chi connectivity index (χ1v) is 16.1. The summed E-state index contributed by atoms with van der Waals surface area (Å²) < 4.78 is 42.9. The summed E-state index contributed by atoms with van der Waals surface area (Å²) in [7, 11) is -4.33. The number of hydrogen-bond donors (Lipinski definition) is 1. The molecule has 4 rings (SSSR count). The zero-order valence-corrected chi connectivity index (χ0v) is 26.5. The number of sulfonamides is 1. The second-order valence-electron chi connectivity index (χ2n) is 10.4. The summed E-state index contributed by atoms with van der Waals surface area (Å²) >= 11 is 12.2. The lowest BCUT2D eigenvalue weighted by Gasteiger charge is -2.34. The number of rotatable bonds is 12. The van der Waals surface area contributed by atoms with E-state index >= 15 is 0 Å². The summed E-state index contributed by atoms with van der Waals surface area (Å²) in [6, 6.07) is 25.9. The van der Waals surface area contributed by atoms with Crippen molar-refractivity contribution in [1.82, 2.24) is 10.2 Å². The first-order valence-electron chi connectivity index (χ1n) is 13.9. The van der Waals surface area contributed by atoms with Crippen molar-refractivity contribution in [3.8, 4) is 0 Å². The van der Waals surface area contributed by atoms with Crippen molar-refractivity contribution >= 4 is 50.7 Å². The molecule has 0 saturated carbocycles. The Morgan fingerprint density at radius 2 is 1.45 bits per heavy atom. The largest absolute Gasteiger partial charge is 0.352 e. The molecule has 11 heteroatoms. The van der Waals surface area contributed by atoms with Crippen LogP contribution in [-0.2, 0) is 32.6 Å². The maximum atomic E-state index is 14.4. The van der Waals surface area contributed by atoms with E-state index in [0.717, 1.165) is 22.0 Å². The average Bonchev–Trinajstić information content (AvgIpc) is 3.00. The first kappa shape index (κ1) is 33.0. The predicted octanol–water partition coefficient (Wildman–Crippen LogP) is 6.49. The molecule has 44 heavy (non-hydrogen) atoms. The lowest BCUT2D eigenvalue weighted by Crippen LogP contribution is -2.54. The molecule has 0 aliphatic rings. The molecule has 230 valence electrons. The quantitative estimate of drug-likeness (QED) is 0.189. The number of carbonyl (C=O) groups is 2. The molecule has 0 bridgehead atoms. The second kappa shape index (κ2) is 14.7. The van der Waals surface area contributed by atoms with Crippen LogP contribution in [0, 0.1) is 5.82 Å². The molecule has 0 aliphatic carbocycles. The van der Waals surface area contributed by atoms with Crippen LogP contribution in [0.4, 0.5) is 10.1 Å². The van der Waals surface area contributed by atoms with Gasteiger partial charge in [-0.3, -0.25) is 13.9 Å². The molecule has 0 aliphatic heterocycles. The van der Waals surface area contributed by atoms with Gasteiger partial charge in [0, 0.05) is 24.0 Å². The van der Waals surface area contributed by atoms with Crippen LogP contribution < -0.4 is 9.62 Å². The molecule has 0 heterocycles. The fraction of sp³-hybridized carbons (Fsp3) is 0.212. The van der Waals surface area contributed by atoms with Crippen molar-refractivity contribution in [2.75, 3.05) is 10.8 Å². The molecule has 0 aromatic heterocycles. The lowest BCUT2D eigenvalue weighted by molar-refractivity contribution is -0.140. The molecule has 4 aromatic carbocycles. The number of amides is 2. The lowest BCUT2D eigenvalue weighted by atomic mass is 10.0. The van der Waals surface area contributed by atoms with Gasteiger partial charge in [0.2, 0.25) is 11.8 Å². The van der Waals surface area contributed by atoms with Crippen molar-refractivity contribution in [2.45, 2.75) is 43.8 Å². The highest BCUT2D eigenvalue weighted by Crippen LogP contribution is 2.28. The summed E-state index contributed by atoms with van der Waals surface area (Å²) in [6.45, 7) is 2.93. The van der Waals surface area contributed by atoms with E-state index in [4.69, 9.17) is 23.2 Å². The molecule has 0 unspecified atom stereocenters. The van der Waals surface area contributed by atoms with Gasteiger partial charge in [-0.25, -0.2) is 12.8 Å². The van der Waals surface area contributed by atoms with Gasteiger partial charge in [0.05, 0.1) is 15.6 Å². The first-order chi connectivity index (χ1) is 21.0. The van der Waals surface area contributed by atoms with E-state index in [0.29, 0.717) is 10.6 Å². The highest BCUT2D eigenvalue weighted by molar-refractivity contribution is 7.92. The van der Waals surface area contributed by atoms with Crippen LogP contribution in [0.5, 0.6) is 0 Å². The van der Waals surface area contributed by atoms with Crippen LogP contribution in [0.25, 0.3) is 0 Å². The standard InChI is InChI=1S/C33H32Cl2FN3O4S/c1-23(2)37-33(41)31(19-24-9-5-3-6-10-24)38(21-25-13-15-26(34)16-14-25)32(40)22-39(27-17-18-30(36)29(35)20-27)44(42,43)28-11-7-4-8-12-28/h3-18,20,23,31H,19,21-22H2,1-2H3,(H,37,41)/t31-/m0/s1. The number of carbonyl (C=O) groups excluding carboxylic acids is 2. The fourth-order valence-electron chi connectivity index (χ4n) is 4.61. The summed E-state index contributed by atoms with van der Waals surface area (Å²) in [6.07, 6.45) is 0.173. The van der Waals surface area contributed by atoms with Crippen LogP contribution in [0.15, 0.2) is 108 Å². The van der Waals surface area contributed by atoms with Crippen LogP contribution in [0.2, 0.25) is 10.0 Å². The molecule has 0 fully saturated rings. The molecule has 0 spiro atoms. The third kappa shape index (κ3) is 8.37. The Bertz CT molecular complexity index is 1690. The number of nitrogens with one attached hydrogen (secondary N) is 1. The number of benzene rings is 4. The zero-order valence-electron chi connectivity index (χ0n) is 24.2. The van der Waals surface area contributed by atoms with Crippen LogP contribution in [-0.4, -0.2) is 43.8 Å². The Balaban J connectivity index is 1.81. The molecule has 2 amide bonds. The van der Waals surface area contributed by atoms with Gasteiger partial charge in [0.1, 0.15) is 18.4 Å². The Labute approximate surface area is 267 Å². The summed E-state index contributed by atoms with van der Waals surface area (Å²) in [5.41, 5.74) is 1.48. The molecule has 4 aromatic rings. The van der Waals surface area contributed by atoms with E-state index in [9.17, 15) is 22.4 Å². The van der Waals surface area contributed by atoms with E-state index in [1.807, 2.05) is 44.2 Å². The number of anilines is 1. The molecule has 1 atom stereocenters. The minimum Gasteiger partial charge on any atom is -0.352 e. The van der Waals surface area contributed by atoms with Crippen molar-refractivity contribution in [3.63, 3.8) is 0 Å². The van der Waals surface area contributed by atoms with E-state index < -0.39 is 40.2 Å². The molecule has 7 nitrogen and oxygen atoms in total. The fourth-order valence-corrected chi connectivity index (χ4v) is 6.34. The average molecular weight is 657 g/mol. The Morgan fingerprint density at radius 3 is 2.05 bits per heavy atom. The Kier molecular flexibility index (Phi) is 11.0. The van der Waals surface area contributed by atoms with Gasteiger partial charge in [-0.1, -0.05) is 83.9 Å². The van der Waals surface area contributed by atoms with Gasteiger partial charge in [0.15, 0.2) is 0 Å². The predicted molar refractivity (Wildman–Crippen MR) is 172 cm³/mol. The molecular formula is C33H32Cl2FN3O4S. The highest BCUT2D eigenvalue weighted by Gasteiger charge is 2.35. The summed E-state index contributed by atoms with van der Waals surface area (Å²) in [5.74, 6) is -1.79. The third-order valence-corrected chi connectivity index (χ3v) is 9.10. The van der Waals surface area contributed by atoms with Gasteiger partial charge in [-0.15, -0.1) is 0 Å². The van der Waals surface area contributed by atoms with Crippen molar-refractivity contribution in [1.29, 1.82) is 0 Å². The number of hydrogen-bond acceptors (Lipinski definition) is 4. The SMILES string of the molecule is CC(C)NC(=O)[C@H](Cc1ccccc1)N(Cc1ccc(Cl)cc1)C(=O)CN(c1ccc(F)c(Cl)c1)S(=O)(=O)c1ccccc1. The smallest absolute Gasteiger partial charge is 0.264 e. The monoisotopic (exact) mass is 655 g/mol. The van der Waals surface area contributed by atoms with Gasteiger partial charge >= 0.3 is 0 Å². The summed E-state index contributed by atoms with van der Waals surface area (Å²) in [4.78, 5) is 29.3. The topological polar surface area (TPSA) is 86.8 Å². The van der Waals surface area contributed by atoms with E-state index in [2.05, 4.69) is 5.32 Å². The van der Waals surface area contributed by atoms with Crippen molar-refractivity contribution in [2.24, 2.45) is 0 Å². The van der Waals surface area contributed by atoms with Gasteiger partial charge in [-0.2, -0.15) is 0 Å². The summed E-state index contributed by atoms with van der Waals surface area (Å²) in [5, 5.41) is 3.10. The minimum absolute atomic E-state index is 0.00807. The maximum absolute atomic E-state index is 14.4. The molecular weight excluding hydrogens is 624 g/mol. The minimum atomic E-state index is -4.33. The van der Waals surface area contributed by atoms with Crippen LogP contribution >= 0.6 is 23.2 Å². The molecule has 0 saturated heterocycles. The second-order valence-corrected chi connectivity index (χ2v) is 13.1. The van der Waals surface area contributed by atoms with Crippen molar-refractivity contribution in [3.05, 3.63) is 130 Å². The van der Waals surface area contributed by atoms with E-state index in [1.54, 1.807) is 42.5 Å². The Hall–Kier alpha value is -3.92. The molecule has 1 N–H and O–H groups in total. The molecule has 0 radical (unpaired) electrons.